The molecule has 0 aliphatic carbocycles. The van der Waals surface area contributed by atoms with Gasteiger partial charge in [0.15, 0.2) is 0 Å². The van der Waals surface area contributed by atoms with Gasteiger partial charge < -0.3 is 4.74 Å². The molecule has 1 fully saturated rings. The molecule has 0 N–H and O–H groups in total. The van der Waals surface area contributed by atoms with E-state index in [1.54, 1.807) is 0 Å². The smallest absolute Gasteiger partial charge is 0.0594 e. The Kier molecular flexibility index (Phi) is 3.22. The zero-order valence-electron chi connectivity index (χ0n) is 7.34. The number of rotatable bonds is 2. The van der Waals surface area contributed by atoms with Crippen LogP contribution in [0.15, 0.2) is 0 Å². The molecule has 1 aliphatic rings. The molecule has 1 saturated heterocycles. The van der Waals surface area contributed by atoms with E-state index in [4.69, 9.17) is 4.74 Å². The van der Waals surface area contributed by atoms with Crippen molar-refractivity contribution in [3.8, 4) is 0 Å². The summed E-state index contributed by atoms with van der Waals surface area (Å²) < 4.78 is 5.37. The molecule has 3 heteroatoms. The lowest BCUT2D eigenvalue weighted by atomic mass is 10.2. The van der Waals surface area contributed by atoms with E-state index >= 15 is 0 Å². The third kappa shape index (κ3) is 3.99. The number of morpholine rings is 1. The summed E-state index contributed by atoms with van der Waals surface area (Å²) in [5.41, 5.74) is 0. The van der Waals surface area contributed by atoms with Crippen LogP contribution in [0.2, 0.25) is 0 Å². The Morgan fingerprint density at radius 1 is 1.36 bits per heavy atom. The van der Waals surface area contributed by atoms with Crippen molar-refractivity contribution in [1.29, 1.82) is 0 Å². The average Bonchev–Trinajstić information content (AvgIpc) is 1.85. The highest BCUT2D eigenvalue weighted by Crippen LogP contribution is 2.14. The lowest BCUT2D eigenvalue weighted by molar-refractivity contribution is 0.0351. The Morgan fingerprint density at radius 2 is 1.91 bits per heavy atom. The van der Waals surface area contributed by atoms with Gasteiger partial charge in [0.25, 0.3) is 0 Å². The third-order valence-corrected chi connectivity index (χ3v) is 1.86. The quantitative estimate of drug-likeness (QED) is 0.629. The van der Waals surface area contributed by atoms with E-state index in [0.29, 0.717) is 0 Å². The molecular weight excluding hydrogens is 158 g/mol. The minimum Gasteiger partial charge on any atom is -0.379 e. The third-order valence-electron chi connectivity index (χ3n) is 1.71. The maximum absolute atomic E-state index is 5.25. The van der Waals surface area contributed by atoms with Gasteiger partial charge in [-0.3, -0.25) is 4.90 Å². The number of hydrogen-bond donors (Lipinski definition) is 1. The molecule has 0 aromatic carbocycles. The lowest BCUT2D eigenvalue weighted by Crippen LogP contribution is -2.42. The van der Waals surface area contributed by atoms with Gasteiger partial charge in [0.1, 0.15) is 0 Å². The van der Waals surface area contributed by atoms with Gasteiger partial charge in [-0.15, -0.1) is 0 Å². The maximum Gasteiger partial charge on any atom is 0.0594 e. The molecular formula is C8H17NOS. The van der Waals surface area contributed by atoms with Gasteiger partial charge in [-0.2, -0.15) is 12.6 Å². The Labute approximate surface area is 74.3 Å². The van der Waals surface area contributed by atoms with Gasteiger partial charge in [0.2, 0.25) is 0 Å². The molecule has 0 spiro atoms. The Morgan fingerprint density at radius 3 is 2.36 bits per heavy atom. The van der Waals surface area contributed by atoms with Gasteiger partial charge >= 0.3 is 0 Å². The summed E-state index contributed by atoms with van der Waals surface area (Å²) in [5, 5.41) is 0. The van der Waals surface area contributed by atoms with Crippen LogP contribution in [-0.2, 0) is 4.74 Å². The first kappa shape index (κ1) is 9.36. The predicted octanol–water partition coefficient (Wildman–Crippen LogP) is 1.03. The maximum atomic E-state index is 5.25. The molecule has 0 saturated carbocycles. The number of thiol groups is 1. The summed E-state index contributed by atoms with van der Waals surface area (Å²) in [5.74, 6) is 0. The molecule has 1 rings (SSSR count). The summed E-state index contributed by atoms with van der Waals surface area (Å²) in [6.07, 6.45) is 0. The van der Waals surface area contributed by atoms with Gasteiger partial charge in [-0.05, 0) is 13.8 Å². The summed E-state index contributed by atoms with van der Waals surface area (Å²) in [7, 11) is 0. The lowest BCUT2D eigenvalue weighted by Gasteiger charge is -2.31. The van der Waals surface area contributed by atoms with Gasteiger partial charge in [0.05, 0.1) is 13.2 Å². The van der Waals surface area contributed by atoms with Crippen LogP contribution in [0.25, 0.3) is 0 Å². The minimum atomic E-state index is 0.122. The average molecular weight is 175 g/mol. The Balaban J connectivity index is 2.24. The van der Waals surface area contributed by atoms with E-state index in [1.807, 2.05) is 0 Å². The topological polar surface area (TPSA) is 12.5 Å². The molecule has 0 aromatic heterocycles. The van der Waals surface area contributed by atoms with E-state index < -0.39 is 0 Å². The van der Waals surface area contributed by atoms with Crippen LogP contribution in [0.4, 0.5) is 0 Å². The van der Waals surface area contributed by atoms with Crippen LogP contribution in [0, 0.1) is 0 Å². The van der Waals surface area contributed by atoms with Crippen LogP contribution in [0.1, 0.15) is 13.8 Å². The van der Waals surface area contributed by atoms with Crippen LogP contribution >= 0.6 is 12.6 Å². The summed E-state index contributed by atoms with van der Waals surface area (Å²) >= 11 is 4.48. The molecule has 0 atom stereocenters. The second-order valence-electron chi connectivity index (χ2n) is 3.70. The van der Waals surface area contributed by atoms with Gasteiger partial charge in [-0.25, -0.2) is 0 Å². The Bertz CT molecular complexity index is 116. The van der Waals surface area contributed by atoms with E-state index in [-0.39, 0.29) is 4.75 Å². The summed E-state index contributed by atoms with van der Waals surface area (Å²) in [6, 6.07) is 0. The number of hydrogen-bond acceptors (Lipinski definition) is 3. The number of ether oxygens (including phenoxy) is 1. The molecule has 0 bridgehead atoms. The SMILES string of the molecule is CC(C)(S)CN1CCOCC1. The van der Waals surface area contributed by atoms with Crippen molar-refractivity contribution in [2.75, 3.05) is 32.8 Å². The summed E-state index contributed by atoms with van der Waals surface area (Å²) in [4.78, 5) is 2.40. The van der Waals surface area contributed by atoms with Gasteiger partial charge in [-0.1, -0.05) is 0 Å². The van der Waals surface area contributed by atoms with Crippen LogP contribution < -0.4 is 0 Å². The molecule has 0 amide bonds. The molecule has 66 valence electrons. The monoisotopic (exact) mass is 175 g/mol. The van der Waals surface area contributed by atoms with Crippen LogP contribution in [0.5, 0.6) is 0 Å². The molecule has 1 aliphatic heterocycles. The molecule has 2 nitrogen and oxygen atoms in total. The fraction of sp³-hybridized carbons (Fsp3) is 1.00. The highest BCUT2D eigenvalue weighted by molar-refractivity contribution is 7.81. The summed E-state index contributed by atoms with van der Waals surface area (Å²) in [6.45, 7) is 9.22. The zero-order chi connectivity index (χ0) is 8.32. The van der Waals surface area contributed by atoms with E-state index in [2.05, 4.69) is 31.4 Å². The fourth-order valence-electron chi connectivity index (χ4n) is 1.31. The van der Waals surface area contributed by atoms with E-state index in [9.17, 15) is 0 Å². The van der Waals surface area contributed by atoms with Crippen LogP contribution in [0.3, 0.4) is 0 Å². The molecule has 11 heavy (non-hydrogen) atoms. The highest BCUT2D eigenvalue weighted by atomic mass is 32.1. The molecule has 0 radical (unpaired) electrons. The normalized spacial score (nSPS) is 22.1. The first-order valence-electron chi connectivity index (χ1n) is 4.10. The first-order chi connectivity index (χ1) is 5.08. The standard InChI is InChI=1S/C8H17NOS/c1-8(2,11)7-9-3-5-10-6-4-9/h11H,3-7H2,1-2H3. The zero-order valence-corrected chi connectivity index (χ0v) is 8.23. The van der Waals surface area contributed by atoms with Crippen molar-refractivity contribution in [1.82, 2.24) is 4.90 Å². The van der Waals surface area contributed by atoms with E-state index in [1.165, 1.54) is 0 Å². The van der Waals surface area contributed by atoms with Crippen molar-refractivity contribution >= 4 is 12.6 Å². The second-order valence-corrected chi connectivity index (χ2v) is 4.91. The van der Waals surface area contributed by atoms with Crippen molar-refractivity contribution in [2.24, 2.45) is 0 Å². The van der Waals surface area contributed by atoms with Crippen molar-refractivity contribution in [3.63, 3.8) is 0 Å². The minimum absolute atomic E-state index is 0.122. The highest BCUT2D eigenvalue weighted by Gasteiger charge is 2.18. The van der Waals surface area contributed by atoms with Crippen molar-refractivity contribution in [2.45, 2.75) is 18.6 Å². The van der Waals surface area contributed by atoms with Crippen molar-refractivity contribution < 1.29 is 4.74 Å². The predicted molar refractivity (Wildman–Crippen MR) is 50.3 cm³/mol. The van der Waals surface area contributed by atoms with Gasteiger partial charge in [0, 0.05) is 24.4 Å². The fourth-order valence-corrected chi connectivity index (χ4v) is 1.51. The Hall–Kier alpha value is 0.270. The van der Waals surface area contributed by atoms with E-state index in [0.717, 1.165) is 32.8 Å². The van der Waals surface area contributed by atoms with Crippen molar-refractivity contribution in [3.05, 3.63) is 0 Å². The number of nitrogens with zero attached hydrogens (tertiary/aromatic N) is 1. The molecule has 0 aromatic rings. The largest absolute Gasteiger partial charge is 0.379 e. The second kappa shape index (κ2) is 3.78. The van der Waals surface area contributed by atoms with Crippen LogP contribution in [-0.4, -0.2) is 42.5 Å². The first-order valence-corrected chi connectivity index (χ1v) is 4.55. The molecule has 1 heterocycles. The molecule has 0 unspecified atom stereocenters.